The summed E-state index contributed by atoms with van der Waals surface area (Å²) in [6.45, 7) is 1.97. The fourth-order valence-corrected chi connectivity index (χ4v) is 3.19. The molecule has 32 heavy (non-hydrogen) atoms. The zero-order valence-electron chi connectivity index (χ0n) is 17.5. The fourth-order valence-electron chi connectivity index (χ4n) is 3.19. The maximum atomic E-state index is 12.5. The fraction of sp³-hybridized carbons (Fsp3) is 0.130. The van der Waals surface area contributed by atoms with Gasteiger partial charge in [-0.3, -0.25) is 15.1 Å². The highest BCUT2D eigenvalue weighted by molar-refractivity contribution is 5.88. The van der Waals surface area contributed by atoms with E-state index in [-0.39, 0.29) is 17.0 Å². The van der Waals surface area contributed by atoms with Gasteiger partial charge in [-0.25, -0.2) is 4.98 Å². The average molecular weight is 432 g/mol. The van der Waals surface area contributed by atoms with E-state index in [1.807, 2.05) is 25.1 Å². The van der Waals surface area contributed by atoms with Gasteiger partial charge in [-0.05, 0) is 48.4 Å². The SMILES string of the molecule is COc1ccc(-c2nc3cc(C)ccc3o2)cc1N=Cc1cc([N+](=O)[O-])cc(OC)c1[O-]. The lowest BCUT2D eigenvalue weighted by Crippen LogP contribution is -2.02. The predicted molar refractivity (Wildman–Crippen MR) is 117 cm³/mol. The number of aliphatic imine (C=N–C) groups is 1. The molecule has 0 saturated carbocycles. The molecule has 0 saturated heterocycles. The maximum absolute atomic E-state index is 12.5. The first kappa shape index (κ1) is 20.9. The van der Waals surface area contributed by atoms with Crippen LogP contribution in [0, 0.1) is 17.0 Å². The Morgan fingerprint density at radius 1 is 1.06 bits per heavy atom. The molecule has 0 aliphatic heterocycles. The molecule has 0 spiro atoms. The van der Waals surface area contributed by atoms with Gasteiger partial charge in [0, 0.05) is 17.8 Å². The second-order valence-electron chi connectivity index (χ2n) is 6.96. The first-order valence-corrected chi connectivity index (χ1v) is 9.52. The summed E-state index contributed by atoms with van der Waals surface area (Å²) in [7, 11) is 2.77. The number of ether oxygens (including phenoxy) is 2. The molecular weight excluding hydrogens is 414 g/mol. The topological polar surface area (TPSA) is 123 Å². The van der Waals surface area contributed by atoms with Crippen LogP contribution in [0.2, 0.25) is 0 Å². The Morgan fingerprint density at radius 2 is 1.84 bits per heavy atom. The van der Waals surface area contributed by atoms with Crippen molar-refractivity contribution in [3.63, 3.8) is 0 Å². The van der Waals surface area contributed by atoms with Crippen LogP contribution in [0.25, 0.3) is 22.6 Å². The maximum Gasteiger partial charge on any atom is 0.273 e. The standard InChI is InChI=1S/C23H19N3O6/c1-13-4-6-20-18(8-13)25-23(32-20)14-5-7-19(30-2)17(10-14)24-12-15-9-16(26(28)29)11-21(31-3)22(15)27/h4-12,27H,1-3H3/p-1. The Labute approximate surface area is 182 Å². The Bertz CT molecular complexity index is 1360. The second-order valence-corrected chi connectivity index (χ2v) is 6.96. The molecule has 4 rings (SSSR count). The van der Waals surface area contributed by atoms with E-state index in [9.17, 15) is 15.2 Å². The van der Waals surface area contributed by atoms with Crippen molar-refractivity contribution in [3.8, 4) is 28.7 Å². The second kappa shape index (κ2) is 8.38. The molecule has 1 heterocycles. The minimum atomic E-state index is -0.602. The number of nitro groups is 1. The summed E-state index contributed by atoms with van der Waals surface area (Å²) in [6, 6.07) is 13.1. The summed E-state index contributed by atoms with van der Waals surface area (Å²) in [5.74, 6) is 0.211. The zero-order valence-corrected chi connectivity index (χ0v) is 17.5. The largest absolute Gasteiger partial charge is 0.870 e. The van der Waals surface area contributed by atoms with E-state index >= 15 is 0 Å². The molecule has 4 aromatic rings. The van der Waals surface area contributed by atoms with Crippen LogP contribution >= 0.6 is 0 Å². The highest BCUT2D eigenvalue weighted by Gasteiger charge is 2.13. The zero-order chi connectivity index (χ0) is 22.8. The van der Waals surface area contributed by atoms with Crippen LogP contribution in [0.4, 0.5) is 11.4 Å². The molecule has 0 aliphatic rings. The molecule has 0 unspecified atom stereocenters. The summed E-state index contributed by atoms with van der Waals surface area (Å²) in [5.41, 5.74) is 3.26. The van der Waals surface area contributed by atoms with Crippen LogP contribution in [-0.2, 0) is 0 Å². The summed E-state index contributed by atoms with van der Waals surface area (Å²) < 4.78 is 16.2. The molecule has 1 aromatic heterocycles. The summed E-state index contributed by atoms with van der Waals surface area (Å²) >= 11 is 0. The van der Waals surface area contributed by atoms with Gasteiger partial charge in [0.15, 0.2) is 5.58 Å². The number of hydrogen-bond donors (Lipinski definition) is 0. The molecule has 0 N–H and O–H groups in total. The third kappa shape index (κ3) is 3.95. The van der Waals surface area contributed by atoms with Crippen LogP contribution in [0.1, 0.15) is 11.1 Å². The lowest BCUT2D eigenvalue weighted by Gasteiger charge is -2.15. The minimum Gasteiger partial charge on any atom is -0.870 e. The van der Waals surface area contributed by atoms with Crippen molar-refractivity contribution in [2.75, 3.05) is 14.2 Å². The van der Waals surface area contributed by atoms with Crippen molar-refractivity contribution in [2.45, 2.75) is 6.92 Å². The number of methoxy groups -OCH3 is 2. The van der Waals surface area contributed by atoms with Crippen molar-refractivity contribution >= 4 is 28.7 Å². The van der Waals surface area contributed by atoms with Gasteiger partial charge in [-0.2, -0.15) is 0 Å². The number of nitro benzene ring substituents is 1. The number of rotatable bonds is 6. The van der Waals surface area contributed by atoms with Crippen molar-refractivity contribution < 1.29 is 23.9 Å². The van der Waals surface area contributed by atoms with E-state index in [4.69, 9.17) is 13.9 Å². The molecule has 0 fully saturated rings. The Balaban J connectivity index is 1.76. The van der Waals surface area contributed by atoms with Crippen molar-refractivity contribution in [2.24, 2.45) is 4.99 Å². The normalized spacial score (nSPS) is 11.2. The monoisotopic (exact) mass is 432 g/mol. The van der Waals surface area contributed by atoms with Gasteiger partial charge in [0.2, 0.25) is 5.89 Å². The van der Waals surface area contributed by atoms with E-state index in [0.717, 1.165) is 23.2 Å². The molecule has 0 bridgehead atoms. The first-order chi connectivity index (χ1) is 15.4. The van der Waals surface area contributed by atoms with E-state index < -0.39 is 10.7 Å². The van der Waals surface area contributed by atoms with Crippen LogP contribution in [0.5, 0.6) is 17.2 Å². The van der Waals surface area contributed by atoms with Gasteiger partial charge in [0.1, 0.15) is 22.7 Å². The van der Waals surface area contributed by atoms with Gasteiger partial charge >= 0.3 is 0 Å². The predicted octanol–water partition coefficient (Wildman–Crippen LogP) is 4.55. The third-order valence-corrected chi connectivity index (χ3v) is 4.81. The molecule has 3 aromatic carbocycles. The summed E-state index contributed by atoms with van der Waals surface area (Å²) in [6.07, 6.45) is 1.24. The smallest absolute Gasteiger partial charge is 0.273 e. The number of oxazole rings is 1. The first-order valence-electron chi connectivity index (χ1n) is 9.52. The van der Waals surface area contributed by atoms with Crippen molar-refractivity contribution in [1.82, 2.24) is 4.98 Å². The summed E-state index contributed by atoms with van der Waals surface area (Å²) in [5, 5.41) is 23.6. The van der Waals surface area contributed by atoms with Gasteiger partial charge < -0.3 is 19.0 Å². The van der Waals surface area contributed by atoms with E-state index in [0.29, 0.717) is 28.5 Å². The Morgan fingerprint density at radius 3 is 2.56 bits per heavy atom. The van der Waals surface area contributed by atoms with Crippen LogP contribution in [0.3, 0.4) is 0 Å². The highest BCUT2D eigenvalue weighted by Crippen LogP contribution is 2.35. The van der Waals surface area contributed by atoms with Gasteiger partial charge in [0.05, 0.1) is 25.2 Å². The van der Waals surface area contributed by atoms with Crippen molar-refractivity contribution in [1.29, 1.82) is 0 Å². The summed E-state index contributed by atoms with van der Waals surface area (Å²) in [4.78, 5) is 19.4. The molecule has 0 radical (unpaired) electrons. The number of aromatic nitrogens is 1. The molecule has 162 valence electrons. The van der Waals surface area contributed by atoms with E-state index in [1.165, 1.54) is 20.4 Å². The van der Waals surface area contributed by atoms with Crippen LogP contribution in [0.15, 0.2) is 57.9 Å². The Kier molecular flexibility index (Phi) is 5.46. The average Bonchev–Trinajstić information content (AvgIpc) is 3.21. The van der Waals surface area contributed by atoms with Gasteiger partial charge in [-0.1, -0.05) is 11.8 Å². The van der Waals surface area contributed by atoms with Crippen molar-refractivity contribution in [3.05, 3.63) is 69.8 Å². The Hall–Kier alpha value is -4.40. The minimum absolute atomic E-state index is 0.0147. The molecule has 0 amide bonds. The lowest BCUT2D eigenvalue weighted by atomic mass is 10.1. The van der Waals surface area contributed by atoms with Gasteiger partial charge in [0.25, 0.3) is 5.69 Å². The molecule has 0 aliphatic carbocycles. The highest BCUT2D eigenvalue weighted by atomic mass is 16.6. The third-order valence-electron chi connectivity index (χ3n) is 4.81. The lowest BCUT2D eigenvalue weighted by molar-refractivity contribution is -0.385. The van der Waals surface area contributed by atoms with Crippen LogP contribution < -0.4 is 14.6 Å². The number of non-ortho nitro benzene ring substituents is 1. The quantitative estimate of drug-likeness (QED) is 0.249. The van der Waals surface area contributed by atoms with Crippen LogP contribution in [-0.4, -0.2) is 30.3 Å². The molecular formula is C23H18N3O6-. The molecule has 9 nitrogen and oxygen atoms in total. The number of hydrogen-bond acceptors (Lipinski definition) is 8. The molecule has 9 heteroatoms. The number of fused-ring (bicyclic) bond motifs is 1. The van der Waals surface area contributed by atoms with Gasteiger partial charge in [-0.15, -0.1) is 0 Å². The number of benzene rings is 3. The molecule has 0 atom stereocenters. The number of nitrogens with zero attached hydrogens (tertiary/aromatic N) is 3. The van der Waals surface area contributed by atoms with E-state index in [1.54, 1.807) is 18.2 Å². The van der Waals surface area contributed by atoms with E-state index in [2.05, 4.69) is 9.98 Å². The number of aryl methyl sites for hydroxylation is 1.